The highest BCUT2D eigenvalue weighted by molar-refractivity contribution is 6.10. The third-order valence-electron chi connectivity index (χ3n) is 8.71. The largest absolute Gasteiger partial charge is 0.456 e. The summed E-state index contributed by atoms with van der Waals surface area (Å²) >= 11 is 0. The number of furan rings is 1. The van der Waals surface area contributed by atoms with Crippen molar-refractivity contribution in [3.8, 4) is 33.7 Å². The van der Waals surface area contributed by atoms with Gasteiger partial charge in [-0.2, -0.15) is 0 Å². The van der Waals surface area contributed by atoms with Crippen LogP contribution in [-0.2, 0) is 0 Å². The molecule has 7 aromatic carbocycles. The monoisotopic (exact) mass is 604 g/mol. The van der Waals surface area contributed by atoms with Crippen LogP contribution in [0, 0.1) is 0 Å². The fraction of sp³-hybridized carbons (Fsp3) is 0. The summed E-state index contributed by atoms with van der Waals surface area (Å²) in [6.45, 7) is 0. The smallest absolute Gasteiger partial charge is 0.227 e. The van der Waals surface area contributed by atoms with Gasteiger partial charge in [0.25, 0.3) is 0 Å². The average Bonchev–Trinajstić information content (AvgIpc) is 3.73. The topological polar surface area (TPSA) is 42.4 Å². The van der Waals surface area contributed by atoms with E-state index in [0.717, 1.165) is 55.7 Å². The molecule has 0 saturated heterocycles. The van der Waals surface area contributed by atoms with Gasteiger partial charge in [0.15, 0.2) is 5.58 Å². The molecule has 0 aliphatic carbocycles. The minimum absolute atomic E-state index is 0.599. The molecule has 9 aromatic rings. The molecule has 4 heteroatoms. The van der Waals surface area contributed by atoms with Gasteiger partial charge in [-0.15, -0.1) is 0 Å². The lowest BCUT2D eigenvalue weighted by molar-refractivity contribution is 0.620. The summed E-state index contributed by atoms with van der Waals surface area (Å²) in [5, 5.41) is 2.01. The molecule has 222 valence electrons. The number of anilines is 3. The van der Waals surface area contributed by atoms with E-state index < -0.39 is 0 Å². The average molecular weight is 605 g/mol. The number of rotatable bonds is 6. The van der Waals surface area contributed by atoms with Crippen LogP contribution in [0.25, 0.3) is 66.7 Å². The van der Waals surface area contributed by atoms with E-state index in [9.17, 15) is 0 Å². The van der Waals surface area contributed by atoms with Gasteiger partial charge in [0.1, 0.15) is 16.7 Å². The summed E-state index contributed by atoms with van der Waals surface area (Å²) in [4.78, 5) is 7.05. The first-order chi connectivity index (χ1) is 23.3. The van der Waals surface area contributed by atoms with E-state index in [-0.39, 0.29) is 0 Å². The predicted molar refractivity (Wildman–Crippen MR) is 192 cm³/mol. The van der Waals surface area contributed by atoms with Gasteiger partial charge in [0.2, 0.25) is 5.89 Å². The van der Waals surface area contributed by atoms with Gasteiger partial charge >= 0.3 is 0 Å². The highest BCUT2D eigenvalue weighted by Crippen LogP contribution is 2.41. The Hall–Kier alpha value is -6.39. The molecule has 9 rings (SSSR count). The van der Waals surface area contributed by atoms with Crippen molar-refractivity contribution in [2.45, 2.75) is 0 Å². The Kier molecular flexibility index (Phi) is 6.43. The molecule has 2 heterocycles. The molecule has 0 spiro atoms. The molecule has 0 N–H and O–H groups in total. The maximum absolute atomic E-state index is 6.35. The van der Waals surface area contributed by atoms with Gasteiger partial charge in [-0.05, 0) is 82.9 Å². The molecular weight excluding hydrogens is 576 g/mol. The van der Waals surface area contributed by atoms with Gasteiger partial charge < -0.3 is 13.7 Å². The van der Waals surface area contributed by atoms with Crippen LogP contribution in [0.5, 0.6) is 0 Å². The van der Waals surface area contributed by atoms with E-state index >= 15 is 0 Å². The molecule has 0 atom stereocenters. The van der Waals surface area contributed by atoms with Crippen LogP contribution in [0.3, 0.4) is 0 Å². The van der Waals surface area contributed by atoms with Crippen LogP contribution >= 0.6 is 0 Å². The first-order valence-corrected chi connectivity index (χ1v) is 15.7. The lowest BCUT2D eigenvalue weighted by Gasteiger charge is -2.26. The van der Waals surface area contributed by atoms with E-state index in [1.165, 1.54) is 22.3 Å². The minimum atomic E-state index is 0.599. The van der Waals surface area contributed by atoms with Crippen molar-refractivity contribution in [1.82, 2.24) is 4.98 Å². The second-order valence-corrected chi connectivity index (χ2v) is 11.6. The molecule has 0 fully saturated rings. The molecule has 0 unspecified atom stereocenters. The van der Waals surface area contributed by atoms with Crippen molar-refractivity contribution in [2.75, 3.05) is 4.90 Å². The van der Waals surface area contributed by atoms with E-state index in [2.05, 4.69) is 120 Å². The Morgan fingerprint density at radius 2 is 0.851 bits per heavy atom. The van der Waals surface area contributed by atoms with Gasteiger partial charge in [-0.3, -0.25) is 0 Å². The number of hydrogen-bond donors (Lipinski definition) is 0. The normalized spacial score (nSPS) is 11.4. The Bertz CT molecular complexity index is 2400. The molecule has 0 amide bonds. The SMILES string of the molecule is c1ccc(-c2ccc(N(c3ccc(-c4ccccc4)cc3)c3ccc4oc5cc6nc(-c7ccccc7)oc6cc5c4c3)cc2)cc1. The quantitative estimate of drug-likeness (QED) is 0.189. The van der Waals surface area contributed by atoms with Crippen LogP contribution in [0.2, 0.25) is 0 Å². The zero-order valence-electron chi connectivity index (χ0n) is 25.4. The summed E-state index contributed by atoms with van der Waals surface area (Å²) in [5.41, 5.74) is 11.9. The van der Waals surface area contributed by atoms with Crippen molar-refractivity contribution >= 4 is 50.1 Å². The number of nitrogens with zero attached hydrogens (tertiary/aromatic N) is 2. The third-order valence-corrected chi connectivity index (χ3v) is 8.71. The number of aromatic nitrogens is 1. The van der Waals surface area contributed by atoms with E-state index in [0.29, 0.717) is 5.89 Å². The highest BCUT2D eigenvalue weighted by Gasteiger charge is 2.18. The third kappa shape index (κ3) is 4.93. The molecule has 0 saturated carbocycles. The molecular formula is C43H28N2O2. The molecule has 0 radical (unpaired) electrons. The van der Waals surface area contributed by atoms with Gasteiger partial charge in [-0.1, -0.05) is 103 Å². The van der Waals surface area contributed by atoms with Crippen molar-refractivity contribution in [3.63, 3.8) is 0 Å². The van der Waals surface area contributed by atoms with Crippen LogP contribution in [0.1, 0.15) is 0 Å². The van der Waals surface area contributed by atoms with Crippen molar-refractivity contribution in [1.29, 1.82) is 0 Å². The highest BCUT2D eigenvalue weighted by atomic mass is 16.4. The molecule has 0 aliphatic heterocycles. The van der Waals surface area contributed by atoms with E-state index in [1.54, 1.807) is 0 Å². The summed E-state index contributed by atoms with van der Waals surface area (Å²) < 4.78 is 12.6. The van der Waals surface area contributed by atoms with Gasteiger partial charge in [0.05, 0.1) is 0 Å². The number of hydrogen-bond acceptors (Lipinski definition) is 4. The lowest BCUT2D eigenvalue weighted by atomic mass is 10.0. The number of oxazole rings is 1. The Morgan fingerprint density at radius 3 is 1.43 bits per heavy atom. The lowest BCUT2D eigenvalue weighted by Crippen LogP contribution is -2.09. The van der Waals surface area contributed by atoms with E-state index in [4.69, 9.17) is 13.8 Å². The van der Waals surface area contributed by atoms with Crippen LogP contribution < -0.4 is 4.90 Å². The van der Waals surface area contributed by atoms with Crippen molar-refractivity contribution < 1.29 is 8.83 Å². The number of benzene rings is 7. The van der Waals surface area contributed by atoms with Gasteiger partial charge in [0, 0.05) is 39.5 Å². The second kappa shape index (κ2) is 11.2. The van der Waals surface area contributed by atoms with Crippen molar-refractivity contribution in [2.24, 2.45) is 0 Å². The zero-order valence-corrected chi connectivity index (χ0v) is 25.4. The molecule has 0 bridgehead atoms. The Labute approximate surface area is 271 Å². The van der Waals surface area contributed by atoms with Gasteiger partial charge in [-0.25, -0.2) is 4.98 Å². The molecule has 47 heavy (non-hydrogen) atoms. The zero-order chi connectivity index (χ0) is 31.2. The molecule has 4 nitrogen and oxygen atoms in total. The fourth-order valence-electron chi connectivity index (χ4n) is 6.34. The Morgan fingerprint density at radius 1 is 0.362 bits per heavy atom. The first-order valence-electron chi connectivity index (χ1n) is 15.7. The first kappa shape index (κ1) is 27.0. The number of fused-ring (bicyclic) bond motifs is 4. The minimum Gasteiger partial charge on any atom is -0.456 e. The molecule has 2 aromatic heterocycles. The predicted octanol–water partition coefficient (Wildman–Crippen LogP) is 12.2. The Balaban J connectivity index is 1.16. The van der Waals surface area contributed by atoms with E-state index in [1.807, 2.05) is 54.6 Å². The summed E-state index contributed by atoms with van der Waals surface area (Å²) in [7, 11) is 0. The van der Waals surface area contributed by atoms with Crippen LogP contribution in [0.15, 0.2) is 179 Å². The maximum Gasteiger partial charge on any atom is 0.227 e. The molecule has 0 aliphatic rings. The standard InChI is InChI=1S/C43H28N2O2/c1-4-10-29(11-5-1)31-16-20-34(21-17-31)45(35-22-18-32(19-23-35)30-12-6-2-7-13-30)36-24-25-40-37(26-36)38-27-42-39(28-41(38)46-40)44-43(47-42)33-14-8-3-9-15-33/h1-28H. The van der Waals surface area contributed by atoms with Crippen LogP contribution in [0.4, 0.5) is 17.1 Å². The van der Waals surface area contributed by atoms with Crippen LogP contribution in [-0.4, -0.2) is 4.98 Å². The summed E-state index contributed by atoms with van der Waals surface area (Å²) in [6.07, 6.45) is 0. The second-order valence-electron chi connectivity index (χ2n) is 11.6. The maximum atomic E-state index is 6.35. The summed E-state index contributed by atoms with van der Waals surface area (Å²) in [5.74, 6) is 0.599. The fourth-order valence-corrected chi connectivity index (χ4v) is 6.34. The summed E-state index contributed by atoms with van der Waals surface area (Å²) in [6, 6.07) is 58.8. The van der Waals surface area contributed by atoms with Crippen molar-refractivity contribution in [3.05, 3.63) is 170 Å².